The van der Waals surface area contributed by atoms with Crippen LogP contribution < -0.4 is 5.43 Å². The van der Waals surface area contributed by atoms with Crippen LogP contribution in [0.2, 0.25) is 0 Å². The van der Waals surface area contributed by atoms with E-state index in [-0.39, 0.29) is 5.43 Å². The maximum absolute atomic E-state index is 11.1. The number of pyridine rings is 1. The minimum absolute atomic E-state index is 0.0823. The van der Waals surface area contributed by atoms with Crippen molar-refractivity contribution in [3.8, 4) is 0 Å². The van der Waals surface area contributed by atoms with Gasteiger partial charge >= 0.3 is 0 Å². The summed E-state index contributed by atoms with van der Waals surface area (Å²) < 4.78 is 0. The Morgan fingerprint density at radius 1 is 1.36 bits per heavy atom. The molecule has 0 aromatic carbocycles. The van der Waals surface area contributed by atoms with Crippen molar-refractivity contribution in [1.82, 2.24) is 15.2 Å². The fraction of sp³-hybridized carbons (Fsp3) is 0. The summed E-state index contributed by atoms with van der Waals surface area (Å²) in [5.74, 6) is 0. The first-order chi connectivity index (χ1) is 5.38. The standard InChI is InChI=1S/C7H5N3O/c11-7-4-9-10-6-3-8-2-1-5(6)7/h1-4H,(H,10,11). The first kappa shape index (κ1) is 6.03. The predicted molar refractivity (Wildman–Crippen MR) is 40.2 cm³/mol. The Hall–Kier alpha value is -1.71. The number of hydrogen-bond acceptors (Lipinski definition) is 3. The molecule has 0 saturated heterocycles. The number of hydrogen-bond donors (Lipinski definition) is 1. The van der Waals surface area contributed by atoms with Crippen molar-refractivity contribution < 1.29 is 0 Å². The summed E-state index contributed by atoms with van der Waals surface area (Å²) in [6.45, 7) is 0. The summed E-state index contributed by atoms with van der Waals surface area (Å²) in [5, 5.41) is 6.93. The highest BCUT2D eigenvalue weighted by atomic mass is 16.1. The van der Waals surface area contributed by atoms with Gasteiger partial charge in [-0.2, -0.15) is 5.10 Å². The van der Waals surface area contributed by atoms with E-state index in [9.17, 15) is 4.79 Å². The van der Waals surface area contributed by atoms with Crippen molar-refractivity contribution in [2.75, 3.05) is 0 Å². The molecule has 4 nitrogen and oxygen atoms in total. The lowest BCUT2D eigenvalue weighted by Crippen LogP contribution is -2.02. The van der Waals surface area contributed by atoms with Crippen molar-refractivity contribution in [3.05, 3.63) is 34.9 Å². The molecule has 2 heterocycles. The average molecular weight is 147 g/mol. The first-order valence-corrected chi connectivity index (χ1v) is 3.15. The van der Waals surface area contributed by atoms with Crippen LogP contribution in [0, 0.1) is 0 Å². The van der Waals surface area contributed by atoms with Gasteiger partial charge in [-0.15, -0.1) is 0 Å². The molecule has 11 heavy (non-hydrogen) atoms. The normalized spacial score (nSPS) is 10.2. The number of H-pyrrole nitrogens is 1. The van der Waals surface area contributed by atoms with Crippen LogP contribution in [-0.4, -0.2) is 15.2 Å². The van der Waals surface area contributed by atoms with Crippen molar-refractivity contribution in [2.45, 2.75) is 0 Å². The molecule has 0 radical (unpaired) electrons. The predicted octanol–water partition coefficient (Wildman–Crippen LogP) is 0.318. The molecule has 0 aliphatic rings. The fourth-order valence-corrected chi connectivity index (χ4v) is 0.928. The van der Waals surface area contributed by atoms with Crippen LogP contribution in [0.25, 0.3) is 10.9 Å². The maximum Gasteiger partial charge on any atom is 0.208 e. The molecule has 0 aliphatic carbocycles. The molecule has 0 fully saturated rings. The van der Waals surface area contributed by atoms with Gasteiger partial charge in [-0.05, 0) is 6.07 Å². The zero-order valence-corrected chi connectivity index (χ0v) is 5.61. The summed E-state index contributed by atoms with van der Waals surface area (Å²) in [7, 11) is 0. The van der Waals surface area contributed by atoms with E-state index >= 15 is 0 Å². The number of nitrogens with zero attached hydrogens (tertiary/aromatic N) is 2. The van der Waals surface area contributed by atoms with Gasteiger partial charge in [0.05, 0.1) is 23.3 Å². The lowest BCUT2D eigenvalue weighted by atomic mass is 10.3. The Morgan fingerprint density at radius 2 is 2.27 bits per heavy atom. The Balaban J connectivity index is 3.03. The third kappa shape index (κ3) is 0.881. The van der Waals surface area contributed by atoms with E-state index in [0.29, 0.717) is 10.9 Å². The van der Waals surface area contributed by atoms with Gasteiger partial charge in [0.15, 0.2) is 0 Å². The van der Waals surface area contributed by atoms with E-state index in [1.54, 1.807) is 18.5 Å². The molecule has 0 saturated carbocycles. The molecule has 2 rings (SSSR count). The highest BCUT2D eigenvalue weighted by Gasteiger charge is 1.94. The maximum atomic E-state index is 11.1. The van der Waals surface area contributed by atoms with Crippen LogP contribution >= 0.6 is 0 Å². The molecule has 1 N–H and O–H groups in total. The summed E-state index contributed by atoms with van der Waals surface area (Å²) in [6, 6.07) is 1.66. The summed E-state index contributed by atoms with van der Waals surface area (Å²) >= 11 is 0. The topological polar surface area (TPSA) is 58.6 Å². The molecular formula is C7H5N3O. The van der Waals surface area contributed by atoms with Crippen LogP contribution in [0.3, 0.4) is 0 Å². The van der Waals surface area contributed by atoms with Crippen LogP contribution in [0.1, 0.15) is 0 Å². The molecule has 0 spiro atoms. The van der Waals surface area contributed by atoms with Gasteiger partial charge in [-0.3, -0.25) is 14.9 Å². The minimum atomic E-state index is -0.0823. The smallest absolute Gasteiger partial charge is 0.208 e. The number of nitrogens with one attached hydrogen (secondary N) is 1. The van der Waals surface area contributed by atoms with Crippen molar-refractivity contribution >= 4 is 10.9 Å². The monoisotopic (exact) mass is 147 g/mol. The third-order valence-corrected chi connectivity index (χ3v) is 1.45. The summed E-state index contributed by atoms with van der Waals surface area (Å²) in [5.41, 5.74) is 0.584. The molecule has 54 valence electrons. The molecule has 4 heteroatoms. The Morgan fingerprint density at radius 3 is 3.09 bits per heavy atom. The zero-order valence-electron chi connectivity index (χ0n) is 5.61. The lowest BCUT2D eigenvalue weighted by Gasteiger charge is -1.91. The van der Waals surface area contributed by atoms with Crippen LogP contribution in [0.4, 0.5) is 0 Å². The van der Waals surface area contributed by atoms with Gasteiger partial charge in [0.25, 0.3) is 0 Å². The summed E-state index contributed by atoms with van der Waals surface area (Å²) in [6.07, 6.45) is 4.41. The second-order valence-corrected chi connectivity index (χ2v) is 2.16. The second-order valence-electron chi connectivity index (χ2n) is 2.16. The molecule has 2 aromatic heterocycles. The van der Waals surface area contributed by atoms with Gasteiger partial charge in [0, 0.05) is 6.20 Å². The molecule has 0 aliphatic heterocycles. The number of rotatable bonds is 0. The van der Waals surface area contributed by atoms with E-state index < -0.39 is 0 Å². The van der Waals surface area contributed by atoms with Gasteiger partial charge in [-0.25, -0.2) is 0 Å². The highest BCUT2D eigenvalue weighted by molar-refractivity contribution is 5.75. The largest absolute Gasteiger partial charge is 0.287 e. The Bertz CT molecular complexity index is 429. The molecule has 2 aromatic rings. The van der Waals surface area contributed by atoms with Crippen LogP contribution in [-0.2, 0) is 0 Å². The minimum Gasteiger partial charge on any atom is -0.287 e. The SMILES string of the molecule is O=c1cn[nH]c2cnccc12. The van der Waals surface area contributed by atoms with E-state index in [4.69, 9.17) is 0 Å². The number of aromatic amines is 1. The van der Waals surface area contributed by atoms with Gasteiger partial charge in [0.1, 0.15) is 0 Å². The lowest BCUT2D eigenvalue weighted by molar-refractivity contribution is 1.06. The first-order valence-electron chi connectivity index (χ1n) is 3.15. The molecule has 0 atom stereocenters. The fourth-order valence-electron chi connectivity index (χ4n) is 0.928. The highest BCUT2D eigenvalue weighted by Crippen LogP contribution is 1.99. The van der Waals surface area contributed by atoms with E-state index in [1.165, 1.54) is 6.20 Å². The third-order valence-electron chi connectivity index (χ3n) is 1.45. The molecular weight excluding hydrogens is 142 g/mol. The van der Waals surface area contributed by atoms with E-state index in [2.05, 4.69) is 15.2 Å². The van der Waals surface area contributed by atoms with E-state index in [1.807, 2.05) is 0 Å². The van der Waals surface area contributed by atoms with Crippen LogP contribution in [0.15, 0.2) is 29.5 Å². The van der Waals surface area contributed by atoms with Crippen molar-refractivity contribution in [3.63, 3.8) is 0 Å². The van der Waals surface area contributed by atoms with Gasteiger partial charge in [0.2, 0.25) is 5.43 Å². The number of fused-ring (bicyclic) bond motifs is 1. The second kappa shape index (κ2) is 2.16. The Kier molecular flexibility index (Phi) is 1.18. The molecule has 0 amide bonds. The van der Waals surface area contributed by atoms with E-state index in [0.717, 1.165) is 0 Å². The van der Waals surface area contributed by atoms with Gasteiger partial charge in [-0.1, -0.05) is 0 Å². The van der Waals surface area contributed by atoms with Crippen molar-refractivity contribution in [1.29, 1.82) is 0 Å². The quantitative estimate of drug-likeness (QED) is 0.583. The zero-order chi connectivity index (χ0) is 7.68. The molecule has 0 unspecified atom stereocenters. The average Bonchev–Trinajstić information content (AvgIpc) is 2.06. The van der Waals surface area contributed by atoms with Gasteiger partial charge < -0.3 is 0 Å². The Labute approximate surface area is 61.9 Å². The molecule has 0 bridgehead atoms. The number of aromatic nitrogens is 3. The van der Waals surface area contributed by atoms with Crippen LogP contribution in [0.5, 0.6) is 0 Å². The van der Waals surface area contributed by atoms with Crippen molar-refractivity contribution in [2.24, 2.45) is 0 Å². The summed E-state index contributed by atoms with van der Waals surface area (Å²) in [4.78, 5) is 14.9.